The molecular weight excluding hydrogens is 432 g/mol. The van der Waals surface area contributed by atoms with Gasteiger partial charge in [-0.1, -0.05) is 0 Å². The second-order valence-electron chi connectivity index (χ2n) is 10.4. The number of pyridine rings is 1. The van der Waals surface area contributed by atoms with Crippen molar-refractivity contribution in [2.75, 3.05) is 46.4 Å². The van der Waals surface area contributed by atoms with Crippen LogP contribution in [0.2, 0.25) is 0 Å². The number of rotatable bonds is 5. The van der Waals surface area contributed by atoms with E-state index in [-0.39, 0.29) is 42.0 Å². The Kier molecular flexibility index (Phi) is 5.50. The molecule has 2 aromatic rings. The summed E-state index contributed by atoms with van der Waals surface area (Å²) in [4.78, 5) is 42.0. The average Bonchev–Trinajstić information content (AvgIpc) is 3.52. The molecule has 5 heterocycles. The number of aliphatic hydroxyl groups is 1. The molecule has 3 fully saturated rings. The molecule has 1 amide bonds. The predicted molar refractivity (Wildman–Crippen MR) is 126 cm³/mol. The SMILES string of the molecule is CN1CCN(C(=O)[C@H]2[C@H](CO)[C@H]3Cn4c(ccc(-c5cncnc5)c4=O)[C@H]3N2CC2CC2)CC1. The minimum absolute atomic E-state index is 0.0204. The normalized spacial score (nSPS) is 29.3. The Labute approximate surface area is 199 Å². The van der Waals surface area contributed by atoms with E-state index in [1.54, 1.807) is 12.4 Å². The summed E-state index contributed by atoms with van der Waals surface area (Å²) in [7, 11) is 2.09. The summed E-state index contributed by atoms with van der Waals surface area (Å²) < 4.78 is 1.86. The van der Waals surface area contributed by atoms with Gasteiger partial charge in [-0.15, -0.1) is 0 Å². The minimum atomic E-state index is -0.324. The zero-order valence-electron chi connectivity index (χ0n) is 19.6. The van der Waals surface area contributed by atoms with Gasteiger partial charge >= 0.3 is 0 Å². The Morgan fingerprint density at radius 3 is 2.53 bits per heavy atom. The monoisotopic (exact) mass is 464 g/mol. The Bertz CT molecular complexity index is 1130. The van der Waals surface area contributed by atoms with Gasteiger partial charge in [-0.3, -0.25) is 14.5 Å². The number of nitrogens with zero attached hydrogens (tertiary/aromatic N) is 6. The standard InChI is InChI=1S/C25H32N6O3/c1-28-6-8-29(9-7-28)25(34)23-20(14-32)19-13-30-21(22(19)31(23)12-16-2-3-16)5-4-18(24(30)33)17-10-26-15-27-11-17/h4-5,10-11,15-16,19-20,22-23,32H,2-3,6-9,12-14H2,1H3/t19-,20-,22+,23-/m1/s1. The number of hydrogen-bond donors (Lipinski definition) is 1. The molecule has 4 atom stereocenters. The number of carbonyl (C=O) groups excluding carboxylic acids is 1. The molecule has 1 N–H and O–H groups in total. The minimum Gasteiger partial charge on any atom is -0.396 e. The maximum absolute atomic E-state index is 13.8. The number of likely N-dealkylation sites (tertiary alicyclic amines) is 1. The molecule has 1 aliphatic carbocycles. The number of piperazine rings is 1. The van der Waals surface area contributed by atoms with Crippen molar-refractivity contribution in [2.45, 2.75) is 31.5 Å². The lowest BCUT2D eigenvalue weighted by Crippen LogP contribution is -2.55. The molecule has 2 aromatic heterocycles. The van der Waals surface area contributed by atoms with Crippen LogP contribution in [0.25, 0.3) is 11.1 Å². The van der Waals surface area contributed by atoms with Gasteiger partial charge in [-0.05, 0) is 37.9 Å². The number of likely N-dealkylation sites (N-methyl/N-ethyl adjacent to an activating group) is 1. The van der Waals surface area contributed by atoms with Gasteiger partial charge in [0.15, 0.2) is 0 Å². The summed E-state index contributed by atoms with van der Waals surface area (Å²) >= 11 is 0. The molecular formula is C25H32N6O3. The highest BCUT2D eigenvalue weighted by Crippen LogP contribution is 2.51. The molecule has 0 unspecified atom stereocenters. The summed E-state index contributed by atoms with van der Waals surface area (Å²) in [5.74, 6) is 0.607. The summed E-state index contributed by atoms with van der Waals surface area (Å²) in [6.45, 7) is 4.55. The van der Waals surface area contributed by atoms with Crippen LogP contribution in [0.5, 0.6) is 0 Å². The third kappa shape index (κ3) is 3.57. The van der Waals surface area contributed by atoms with Crippen LogP contribution in [0.15, 0.2) is 35.6 Å². The van der Waals surface area contributed by atoms with E-state index in [9.17, 15) is 14.7 Å². The maximum atomic E-state index is 13.8. The predicted octanol–water partition coefficient (Wildman–Crippen LogP) is 0.453. The van der Waals surface area contributed by atoms with E-state index in [1.807, 2.05) is 21.6 Å². The lowest BCUT2D eigenvalue weighted by molar-refractivity contribution is -0.140. The molecule has 0 spiro atoms. The smallest absolute Gasteiger partial charge is 0.258 e. The highest BCUT2D eigenvalue weighted by molar-refractivity contribution is 5.83. The molecule has 4 aliphatic rings. The van der Waals surface area contributed by atoms with Gasteiger partial charge in [-0.25, -0.2) is 9.97 Å². The summed E-state index contributed by atoms with van der Waals surface area (Å²) in [6.07, 6.45) is 7.15. The average molecular weight is 465 g/mol. The van der Waals surface area contributed by atoms with Gasteiger partial charge in [-0.2, -0.15) is 0 Å². The summed E-state index contributed by atoms with van der Waals surface area (Å²) in [5.41, 5.74) is 2.20. The molecule has 1 saturated carbocycles. The third-order valence-electron chi connectivity index (χ3n) is 8.30. The van der Waals surface area contributed by atoms with Crippen LogP contribution in [-0.4, -0.2) is 92.7 Å². The number of hydrogen-bond acceptors (Lipinski definition) is 7. The first kappa shape index (κ1) is 21.9. The number of amides is 1. The second-order valence-corrected chi connectivity index (χ2v) is 10.4. The second kappa shape index (κ2) is 8.55. The Morgan fingerprint density at radius 2 is 1.85 bits per heavy atom. The molecule has 180 valence electrons. The molecule has 2 saturated heterocycles. The largest absolute Gasteiger partial charge is 0.396 e. The van der Waals surface area contributed by atoms with E-state index in [4.69, 9.17) is 0 Å². The highest BCUT2D eigenvalue weighted by atomic mass is 16.3. The van der Waals surface area contributed by atoms with Crippen LogP contribution in [0.4, 0.5) is 0 Å². The molecule has 9 heteroatoms. The summed E-state index contributed by atoms with van der Waals surface area (Å²) in [6, 6.07) is 3.56. The van der Waals surface area contributed by atoms with E-state index >= 15 is 0 Å². The van der Waals surface area contributed by atoms with Crippen LogP contribution in [0, 0.1) is 17.8 Å². The third-order valence-corrected chi connectivity index (χ3v) is 8.30. The van der Waals surface area contributed by atoms with Crippen molar-refractivity contribution in [3.05, 3.63) is 46.9 Å². The van der Waals surface area contributed by atoms with Gasteiger partial charge in [0.2, 0.25) is 5.91 Å². The quantitative estimate of drug-likeness (QED) is 0.687. The molecule has 3 aliphatic heterocycles. The van der Waals surface area contributed by atoms with Gasteiger partial charge in [0, 0.05) is 81.4 Å². The Balaban J connectivity index is 1.36. The van der Waals surface area contributed by atoms with Crippen LogP contribution in [-0.2, 0) is 11.3 Å². The van der Waals surface area contributed by atoms with E-state index in [2.05, 4.69) is 26.8 Å². The molecule has 34 heavy (non-hydrogen) atoms. The lowest BCUT2D eigenvalue weighted by atomic mass is 9.88. The molecule has 0 radical (unpaired) electrons. The molecule has 0 aromatic carbocycles. The van der Waals surface area contributed by atoms with Crippen molar-refractivity contribution in [3.63, 3.8) is 0 Å². The van der Waals surface area contributed by atoms with Crippen LogP contribution in [0.1, 0.15) is 24.6 Å². The van der Waals surface area contributed by atoms with Gasteiger partial charge < -0.3 is 19.5 Å². The maximum Gasteiger partial charge on any atom is 0.258 e. The summed E-state index contributed by atoms with van der Waals surface area (Å²) in [5, 5.41) is 10.5. The fraction of sp³-hybridized carbons (Fsp3) is 0.600. The fourth-order valence-corrected chi connectivity index (χ4v) is 6.27. The lowest BCUT2D eigenvalue weighted by Gasteiger charge is -2.38. The number of fused-ring (bicyclic) bond motifs is 3. The van der Waals surface area contributed by atoms with Gasteiger partial charge in [0.05, 0.1) is 17.6 Å². The van der Waals surface area contributed by atoms with E-state index in [0.29, 0.717) is 23.6 Å². The van der Waals surface area contributed by atoms with Crippen LogP contribution in [0.3, 0.4) is 0 Å². The van der Waals surface area contributed by atoms with Crippen molar-refractivity contribution in [1.29, 1.82) is 0 Å². The number of carbonyl (C=O) groups is 1. The van der Waals surface area contributed by atoms with E-state index in [1.165, 1.54) is 19.2 Å². The zero-order chi connectivity index (χ0) is 23.4. The molecule has 6 rings (SSSR count). The van der Waals surface area contributed by atoms with Gasteiger partial charge in [0.25, 0.3) is 5.56 Å². The molecule has 0 bridgehead atoms. The first-order chi connectivity index (χ1) is 16.6. The van der Waals surface area contributed by atoms with Crippen LogP contribution < -0.4 is 5.56 Å². The van der Waals surface area contributed by atoms with Crippen molar-refractivity contribution >= 4 is 5.91 Å². The van der Waals surface area contributed by atoms with E-state index < -0.39 is 0 Å². The zero-order valence-corrected chi connectivity index (χ0v) is 19.6. The molecule has 9 nitrogen and oxygen atoms in total. The Morgan fingerprint density at radius 1 is 1.12 bits per heavy atom. The highest BCUT2D eigenvalue weighted by Gasteiger charge is 2.57. The van der Waals surface area contributed by atoms with E-state index in [0.717, 1.165) is 38.4 Å². The number of aliphatic hydroxyl groups excluding tert-OH is 1. The van der Waals surface area contributed by atoms with Crippen molar-refractivity contribution in [1.82, 2.24) is 29.2 Å². The fourth-order valence-electron chi connectivity index (χ4n) is 6.27. The first-order valence-electron chi connectivity index (χ1n) is 12.4. The number of aromatic nitrogens is 3. The topological polar surface area (TPSA) is 94.8 Å². The first-order valence-corrected chi connectivity index (χ1v) is 12.4. The van der Waals surface area contributed by atoms with Crippen LogP contribution >= 0.6 is 0 Å². The van der Waals surface area contributed by atoms with Crippen molar-refractivity contribution in [3.8, 4) is 11.1 Å². The Hall–Kier alpha value is -2.62. The van der Waals surface area contributed by atoms with Crippen molar-refractivity contribution in [2.24, 2.45) is 17.8 Å². The van der Waals surface area contributed by atoms with Crippen molar-refractivity contribution < 1.29 is 9.90 Å². The van der Waals surface area contributed by atoms with Gasteiger partial charge in [0.1, 0.15) is 6.33 Å².